The molecule has 2 aromatic carbocycles. The molecule has 29 heavy (non-hydrogen) atoms. The van der Waals surface area contributed by atoms with Gasteiger partial charge in [0.15, 0.2) is 11.0 Å². The van der Waals surface area contributed by atoms with E-state index in [9.17, 15) is 4.79 Å². The first-order valence-corrected chi connectivity index (χ1v) is 10.3. The minimum absolute atomic E-state index is 0.154. The van der Waals surface area contributed by atoms with Crippen LogP contribution in [0, 0.1) is 0 Å². The highest BCUT2D eigenvalue weighted by Crippen LogP contribution is 2.30. The first kappa shape index (κ1) is 21.2. The molecular formula is C20H18Cl2N4O2S. The van der Waals surface area contributed by atoms with Gasteiger partial charge >= 0.3 is 0 Å². The van der Waals surface area contributed by atoms with Crippen LogP contribution in [0.15, 0.2) is 60.3 Å². The number of hydrogen-bond acceptors (Lipinski definition) is 5. The standard InChI is InChI=1S/C20H18Cl2N4O2S/c1-3-10-26-19(14-6-4-5-7-15(14)21)24-25-20(26)29-12-18(27)23-13-8-9-17(28-2)16(22)11-13/h3-9,11H,1,10,12H2,2H3,(H,23,27). The highest BCUT2D eigenvalue weighted by atomic mass is 35.5. The molecule has 0 unspecified atom stereocenters. The van der Waals surface area contributed by atoms with Crippen molar-refractivity contribution in [3.63, 3.8) is 0 Å². The van der Waals surface area contributed by atoms with Crippen LogP contribution < -0.4 is 10.1 Å². The monoisotopic (exact) mass is 448 g/mol. The van der Waals surface area contributed by atoms with Gasteiger partial charge in [-0.25, -0.2) is 0 Å². The molecule has 9 heteroatoms. The zero-order valence-electron chi connectivity index (χ0n) is 15.6. The van der Waals surface area contributed by atoms with Crippen molar-refractivity contribution >= 4 is 46.6 Å². The number of carbonyl (C=O) groups is 1. The zero-order chi connectivity index (χ0) is 20.8. The van der Waals surface area contributed by atoms with Crippen molar-refractivity contribution in [2.45, 2.75) is 11.7 Å². The van der Waals surface area contributed by atoms with Gasteiger partial charge in [0.1, 0.15) is 5.75 Å². The fourth-order valence-corrected chi connectivity index (χ4v) is 3.83. The summed E-state index contributed by atoms with van der Waals surface area (Å²) in [7, 11) is 1.53. The summed E-state index contributed by atoms with van der Waals surface area (Å²) in [5, 5.41) is 12.9. The Labute approximate surface area is 182 Å². The molecule has 0 aliphatic heterocycles. The van der Waals surface area contributed by atoms with Crippen LogP contribution in [-0.4, -0.2) is 33.5 Å². The average molecular weight is 449 g/mol. The quantitative estimate of drug-likeness (QED) is 0.379. The van der Waals surface area contributed by atoms with E-state index in [1.807, 2.05) is 22.8 Å². The normalized spacial score (nSPS) is 10.6. The molecule has 0 aliphatic carbocycles. The molecule has 0 atom stereocenters. The van der Waals surface area contributed by atoms with E-state index in [0.717, 1.165) is 5.56 Å². The number of nitrogens with zero attached hydrogens (tertiary/aromatic N) is 3. The van der Waals surface area contributed by atoms with Gasteiger partial charge in [-0.1, -0.05) is 53.2 Å². The molecule has 0 aliphatic rings. The topological polar surface area (TPSA) is 69.0 Å². The van der Waals surface area contributed by atoms with E-state index in [4.69, 9.17) is 27.9 Å². The van der Waals surface area contributed by atoms with Crippen LogP contribution in [-0.2, 0) is 11.3 Å². The maximum absolute atomic E-state index is 12.3. The Hall–Kier alpha value is -2.48. The number of ether oxygens (including phenoxy) is 1. The average Bonchev–Trinajstić information content (AvgIpc) is 3.10. The highest BCUT2D eigenvalue weighted by Gasteiger charge is 2.17. The highest BCUT2D eigenvalue weighted by molar-refractivity contribution is 7.99. The summed E-state index contributed by atoms with van der Waals surface area (Å²) in [6.45, 7) is 4.28. The van der Waals surface area contributed by atoms with Crippen LogP contribution in [0.2, 0.25) is 10.0 Å². The summed E-state index contributed by atoms with van der Waals surface area (Å²) in [6, 6.07) is 12.5. The third-order valence-electron chi connectivity index (χ3n) is 3.91. The fourth-order valence-electron chi connectivity index (χ4n) is 2.60. The number of carbonyl (C=O) groups excluding carboxylic acids is 1. The van der Waals surface area contributed by atoms with Gasteiger partial charge in [0, 0.05) is 17.8 Å². The summed E-state index contributed by atoms with van der Waals surface area (Å²) in [4.78, 5) is 12.3. The summed E-state index contributed by atoms with van der Waals surface area (Å²) in [5.74, 6) is 1.13. The predicted molar refractivity (Wildman–Crippen MR) is 118 cm³/mol. The molecule has 1 heterocycles. The van der Waals surface area contributed by atoms with Gasteiger partial charge in [0.2, 0.25) is 5.91 Å². The van der Waals surface area contributed by atoms with Crippen molar-refractivity contribution in [2.75, 3.05) is 18.2 Å². The molecule has 1 aromatic heterocycles. The first-order chi connectivity index (χ1) is 14.0. The van der Waals surface area contributed by atoms with Crippen molar-refractivity contribution in [3.8, 4) is 17.1 Å². The van der Waals surface area contributed by atoms with E-state index in [1.54, 1.807) is 30.3 Å². The van der Waals surface area contributed by atoms with Crippen LogP contribution >= 0.6 is 35.0 Å². The van der Waals surface area contributed by atoms with E-state index < -0.39 is 0 Å². The molecule has 3 aromatic rings. The summed E-state index contributed by atoms with van der Waals surface area (Å²) in [6.07, 6.45) is 1.74. The second kappa shape index (κ2) is 9.82. The lowest BCUT2D eigenvalue weighted by Gasteiger charge is -2.10. The van der Waals surface area contributed by atoms with Gasteiger partial charge < -0.3 is 10.1 Å². The van der Waals surface area contributed by atoms with Crippen LogP contribution in [0.3, 0.4) is 0 Å². The maximum atomic E-state index is 12.3. The van der Waals surface area contributed by atoms with Gasteiger partial charge in [0.25, 0.3) is 0 Å². The van der Waals surface area contributed by atoms with Gasteiger partial charge in [-0.3, -0.25) is 9.36 Å². The number of methoxy groups -OCH3 is 1. The van der Waals surface area contributed by atoms with Crippen molar-refractivity contribution in [3.05, 3.63) is 65.2 Å². The van der Waals surface area contributed by atoms with Gasteiger partial charge in [-0.2, -0.15) is 0 Å². The number of anilines is 1. The second-order valence-corrected chi connectivity index (χ2v) is 7.63. The summed E-state index contributed by atoms with van der Waals surface area (Å²) < 4.78 is 6.98. The number of allylic oxidation sites excluding steroid dienone is 1. The number of thioether (sulfide) groups is 1. The lowest BCUT2D eigenvalue weighted by molar-refractivity contribution is -0.113. The third-order valence-corrected chi connectivity index (χ3v) is 5.50. The number of rotatable bonds is 8. The number of aromatic nitrogens is 3. The van der Waals surface area contributed by atoms with Gasteiger partial charge in [-0.15, -0.1) is 16.8 Å². The van der Waals surface area contributed by atoms with Gasteiger partial charge in [0.05, 0.1) is 22.9 Å². The van der Waals surface area contributed by atoms with Crippen LogP contribution in [0.1, 0.15) is 0 Å². The Kier molecular flexibility index (Phi) is 7.19. The molecule has 0 radical (unpaired) electrons. The summed E-state index contributed by atoms with van der Waals surface area (Å²) in [5.41, 5.74) is 1.36. The largest absolute Gasteiger partial charge is 0.495 e. The van der Waals surface area contributed by atoms with E-state index in [1.165, 1.54) is 18.9 Å². The van der Waals surface area contributed by atoms with Crippen molar-refractivity contribution < 1.29 is 9.53 Å². The Balaban J connectivity index is 1.72. The van der Waals surface area contributed by atoms with Gasteiger partial charge in [-0.05, 0) is 30.3 Å². The van der Waals surface area contributed by atoms with Crippen LogP contribution in [0.25, 0.3) is 11.4 Å². The molecule has 6 nitrogen and oxygen atoms in total. The number of hydrogen-bond donors (Lipinski definition) is 1. The third kappa shape index (κ3) is 5.12. The van der Waals surface area contributed by atoms with Crippen molar-refractivity contribution in [1.29, 1.82) is 0 Å². The fraction of sp³-hybridized carbons (Fsp3) is 0.150. The van der Waals surface area contributed by atoms with E-state index in [0.29, 0.717) is 39.0 Å². The lowest BCUT2D eigenvalue weighted by atomic mass is 10.2. The molecule has 0 spiro atoms. The summed E-state index contributed by atoms with van der Waals surface area (Å²) >= 11 is 13.7. The number of benzene rings is 2. The molecular weight excluding hydrogens is 431 g/mol. The molecule has 1 amide bonds. The smallest absolute Gasteiger partial charge is 0.234 e. The molecule has 0 bridgehead atoms. The Morgan fingerprint density at radius 1 is 1.24 bits per heavy atom. The molecule has 1 N–H and O–H groups in total. The SMILES string of the molecule is C=CCn1c(SCC(=O)Nc2ccc(OC)c(Cl)c2)nnc1-c1ccccc1Cl. The van der Waals surface area contributed by atoms with Crippen LogP contribution in [0.4, 0.5) is 5.69 Å². The van der Waals surface area contributed by atoms with E-state index in [2.05, 4.69) is 22.1 Å². The minimum Gasteiger partial charge on any atom is -0.495 e. The number of nitrogens with one attached hydrogen (secondary N) is 1. The van der Waals surface area contributed by atoms with E-state index >= 15 is 0 Å². The predicted octanol–water partition coefficient (Wildman–Crippen LogP) is 5.18. The first-order valence-electron chi connectivity index (χ1n) is 8.58. The Morgan fingerprint density at radius 2 is 2.03 bits per heavy atom. The lowest BCUT2D eigenvalue weighted by Crippen LogP contribution is -2.14. The molecule has 3 rings (SSSR count). The second-order valence-electron chi connectivity index (χ2n) is 5.87. The number of amides is 1. The van der Waals surface area contributed by atoms with Crippen molar-refractivity contribution in [1.82, 2.24) is 14.8 Å². The van der Waals surface area contributed by atoms with Crippen LogP contribution in [0.5, 0.6) is 5.75 Å². The maximum Gasteiger partial charge on any atom is 0.234 e. The minimum atomic E-state index is -0.191. The Bertz CT molecular complexity index is 1040. The number of halogens is 2. The zero-order valence-corrected chi connectivity index (χ0v) is 17.9. The Morgan fingerprint density at radius 3 is 2.72 bits per heavy atom. The molecule has 0 fully saturated rings. The van der Waals surface area contributed by atoms with Crippen molar-refractivity contribution in [2.24, 2.45) is 0 Å². The molecule has 0 saturated heterocycles. The molecule has 150 valence electrons. The van der Waals surface area contributed by atoms with E-state index in [-0.39, 0.29) is 11.7 Å². The molecule has 0 saturated carbocycles.